The third-order valence-corrected chi connectivity index (χ3v) is 5.29. The van der Waals surface area contributed by atoms with Crippen molar-refractivity contribution in [2.24, 2.45) is 23.7 Å². The van der Waals surface area contributed by atoms with Crippen LogP contribution in [0.5, 0.6) is 0 Å². The summed E-state index contributed by atoms with van der Waals surface area (Å²) in [5.41, 5.74) is 0. The molecular weight excluding hydrogens is 248 g/mol. The van der Waals surface area contributed by atoms with Crippen LogP contribution in [0, 0.1) is 23.7 Å². The van der Waals surface area contributed by atoms with Gasteiger partial charge in [-0.1, -0.05) is 36.2 Å². The highest BCUT2D eigenvalue weighted by Crippen LogP contribution is 2.50. The van der Waals surface area contributed by atoms with Crippen molar-refractivity contribution in [1.82, 2.24) is 0 Å². The lowest BCUT2D eigenvalue weighted by Crippen LogP contribution is -2.13. The molecule has 2 aliphatic rings. The smallest absolute Gasteiger partial charge is 0.0148 e. The zero-order valence-corrected chi connectivity index (χ0v) is 11.8. The van der Waals surface area contributed by atoms with Crippen molar-refractivity contribution >= 4 is 15.9 Å². The first-order valence-electron chi connectivity index (χ1n) is 6.79. The van der Waals surface area contributed by atoms with E-state index in [0.29, 0.717) is 0 Å². The van der Waals surface area contributed by atoms with Crippen LogP contribution in [-0.2, 0) is 0 Å². The van der Waals surface area contributed by atoms with Crippen molar-refractivity contribution in [1.29, 1.82) is 0 Å². The zero-order chi connectivity index (χ0) is 10.8. The summed E-state index contributed by atoms with van der Waals surface area (Å²) in [6.45, 7) is 4.65. The van der Waals surface area contributed by atoms with Gasteiger partial charge < -0.3 is 0 Å². The molecule has 0 heterocycles. The van der Waals surface area contributed by atoms with E-state index in [9.17, 15) is 0 Å². The monoisotopic (exact) mass is 272 g/mol. The van der Waals surface area contributed by atoms with Gasteiger partial charge in [-0.05, 0) is 62.2 Å². The van der Waals surface area contributed by atoms with Crippen LogP contribution in [0.15, 0.2) is 0 Å². The maximum Gasteiger partial charge on any atom is 0.0148 e. The van der Waals surface area contributed by atoms with Gasteiger partial charge in [-0.2, -0.15) is 0 Å². The molecule has 15 heavy (non-hydrogen) atoms. The van der Waals surface area contributed by atoms with Crippen molar-refractivity contribution in [3.05, 3.63) is 0 Å². The molecule has 2 saturated carbocycles. The lowest BCUT2D eigenvalue weighted by molar-refractivity contribution is 0.305. The van der Waals surface area contributed by atoms with Gasteiger partial charge in [0.15, 0.2) is 0 Å². The third-order valence-electron chi connectivity index (χ3n) is 4.46. The highest BCUT2D eigenvalue weighted by atomic mass is 79.9. The molecule has 4 unspecified atom stereocenters. The fourth-order valence-corrected chi connectivity index (χ4v) is 4.77. The first-order valence-corrected chi connectivity index (χ1v) is 7.70. The van der Waals surface area contributed by atoms with Crippen molar-refractivity contribution in [2.75, 3.05) is 0 Å². The molecule has 2 fully saturated rings. The Morgan fingerprint density at radius 3 is 2.53 bits per heavy atom. The molecule has 0 aliphatic heterocycles. The Morgan fingerprint density at radius 1 is 1.20 bits per heavy atom. The fraction of sp³-hybridized carbons (Fsp3) is 1.00. The summed E-state index contributed by atoms with van der Waals surface area (Å²) in [6.07, 6.45) is 10.5. The minimum Gasteiger partial charge on any atom is -0.0891 e. The molecular formula is C14H25Br. The minimum absolute atomic E-state index is 0.775. The second-order valence-corrected chi connectivity index (χ2v) is 7.53. The van der Waals surface area contributed by atoms with Crippen LogP contribution in [0.3, 0.4) is 0 Å². The van der Waals surface area contributed by atoms with Gasteiger partial charge in [-0.15, -0.1) is 0 Å². The normalized spacial score (nSPS) is 36.4. The Kier molecular flexibility index (Phi) is 4.15. The van der Waals surface area contributed by atoms with E-state index in [4.69, 9.17) is 0 Å². The SMILES string of the molecule is CC(C)CC(Br)CCC1CC2CCC1C2. The van der Waals surface area contributed by atoms with Crippen LogP contribution in [0.2, 0.25) is 0 Å². The number of hydrogen-bond acceptors (Lipinski definition) is 0. The van der Waals surface area contributed by atoms with E-state index >= 15 is 0 Å². The Labute approximate surface area is 103 Å². The summed E-state index contributed by atoms with van der Waals surface area (Å²) in [7, 11) is 0. The van der Waals surface area contributed by atoms with Crippen LogP contribution in [0.1, 0.15) is 58.8 Å². The molecule has 0 amide bonds. The van der Waals surface area contributed by atoms with Gasteiger partial charge in [-0.25, -0.2) is 0 Å². The zero-order valence-electron chi connectivity index (χ0n) is 10.2. The Hall–Kier alpha value is 0.480. The highest BCUT2D eigenvalue weighted by molar-refractivity contribution is 9.09. The van der Waals surface area contributed by atoms with Crippen molar-refractivity contribution in [3.63, 3.8) is 0 Å². The quantitative estimate of drug-likeness (QED) is 0.617. The van der Waals surface area contributed by atoms with E-state index in [-0.39, 0.29) is 0 Å². The molecule has 2 rings (SSSR count). The third kappa shape index (κ3) is 3.22. The second-order valence-electron chi connectivity index (χ2n) is 6.24. The molecule has 0 radical (unpaired) electrons. The molecule has 0 nitrogen and oxygen atoms in total. The standard InChI is InChI=1S/C14H25Br/c1-10(2)7-14(15)6-5-13-9-11-3-4-12(13)8-11/h10-14H,3-9H2,1-2H3. The van der Waals surface area contributed by atoms with E-state index in [0.717, 1.165) is 28.5 Å². The number of hydrogen-bond donors (Lipinski definition) is 0. The van der Waals surface area contributed by atoms with Gasteiger partial charge in [0.05, 0.1) is 0 Å². The molecule has 0 saturated heterocycles. The van der Waals surface area contributed by atoms with E-state index < -0.39 is 0 Å². The average molecular weight is 273 g/mol. The lowest BCUT2D eigenvalue weighted by atomic mass is 9.85. The maximum absolute atomic E-state index is 3.84. The van der Waals surface area contributed by atoms with Gasteiger partial charge in [0.25, 0.3) is 0 Å². The Balaban J connectivity index is 1.66. The summed E-state index contributed by atoms with van der Waals surface area (Å²) in [6, 6.07) is 0. The van der Waals surface area contributed by atoms with Gasteiger partial charge in [0.2, 0.25) is 0 Å². The van der Waals surface area contributed by atoms with Crippen LogP contribution in [0.4, 0.5) is 0 Å². The molecule has 0 aromatic heterocycles. The van der Waals surface area contributed by atoms with Gasteiger partial charge in [0.1, 0.15) is 0 Å². The van der Waals surface area contributed by atoms with Crippen LogP contribution in [0.25, 0.3) is 0 Å². The van der Waals surface area contributed by atoms with E-state index in [1.54, 1.807) is 25.7 Å². The highest BCUT2D eigenvalue weighted by Gasteiger charge is 2.38. The Morgan fingerprint density at radius 2 is 2.00 bits per heavy atom. The summed E-state index contributed by atoms with van der Waals surface area (Å²) in [4.78, 5) is 0.775. The van der Waals surface area contributed by atoms with Crippen molar-refractivity contribution in [3.8, 4) is 0 Å². The first-order chi connectivity index (χ1) is 7.15. The molecule has 2 bridgehead atoms. The largest absolute Gasteiger partial charge is 0.0891 e. The fourth-order valence-electron chi connectivity index (χ4n) is 3.75. The van der Waals surface area contributed by atoms with E-state index in [1.807, 2.05) is 0 Å². The summed E-state index contributed by atoms with van der Waals surface area (Å²) in [5, 5.41) is 0. The van der Waals surface area contributed by atoms with Crippen LogP contribution >= 0.6 is 15.9 Å². The number of rotatable bonds is 5. The molecule has 0 aromatic rings. The van der Waals surface area contributed by atoms with Gasteiger partial charge >= 0.3 is 0 Å². The molecule has 0 aromatic carbocycles. The number of fused-ring (bicyclic) bond motifs is 2. The van der Waals surface area contributed by atoms with Crippen molar-refractivity contribution < 1.29 is 0 Å². The van der Waals surface area contributed by atoms with Crippen LogP contribution in [-0.4, -0.2) is 4.83 Å². The number of halogens is 1. The topological polar surface area (TPSA) is 0 Å². The molecule has 2 aliphatic carbocycles. The average Bonchev–Trinajstić information content (AvgIpc) is 2.74. The minimum atomic E-state index is 0.775. The van der Waals surface area contributed by atoms with E-state index in [2.05, 4.69) is 29.8 Å². The van der Waals surface area contributed by atoms with E-state index in [1.165, 1.54) is 19.3 Å². The second kappa shape index (κ2) is 5.21. The van der Waals surface area contributed by atoms with Gasteiger partial charge in [-0.3, -0.25) is 0 Å². The van der Waals surface area contributed by atoms with Crippen molar-refractivity contribution in [2.45, 2.75) is 63.6 Å². The predicted molar refractivity (Wildman–Crippen MR) is 70.3 cm³/mol. The number of alkyl halides is 1. The summed E-state index contributed by atoms with van der Waals surface area (Å²) in [5.74, 6) is 4.18. The molecule has 0 N–H and O–H groups in total. The predicted octanol–water partition coefficient (Wildman–Crippen LogP) is 5.01. The Bertz CT molecular complexity index is 200. The lowest BCUT2D eigenvalue weighted by Gasteiger charge is -2.23. The summed E-state index contributed by atoms with van der Waals surface area (Å²) < 4.78 is 0. The van der Waals surface area contributed by atoms with Gasteiger partial charge in [0, 0.05) is 4.83 Å². The maximum atomic E-state index is 3.84. The first kappa shape index (κ1) is 12.0. The molecule has 4 atom stereocenters. The molecule has 1 heteroatoms. The summed E-state index contributed by atoms with van der Waals surface area (Å²) >= 11 is 3.84. The van der Waals surface area contributed by atoms with Crippen LogP contribution < -0.4 is 0 Å². The molecule has 0 spiro atoms. The molecule has 88 valence electrons.